The average Bonchev–Trinajstić information content (AvgIpc) is 2.35. The van der Waals surface area contributed by atoms with Crippen LogP contribution in [-0.4, -0.2) is 13.3 Å². The van der Waals surface area contributed by atoms with E-state index in [2.05, 4.69) is 53.2 Å². The molecule has 2 rings (SSSR count). The van der Waals surface area contributed by atoms with Crippen molar-refractivity contribution in [3.8, 4) is 0 Å². The first-order chi connectivity index (χ1) is 8.84. The van der Waals surface area contributed by atoms with Crippen molar-refractivity contribution in [2.24, 2.45) is 0 Å². The summed E-state index contributed by atoms with van der Waals surface area (Å²) < 4.78 is 6.13. The van der Waals surface area contributed by atoms with E-state index >= 15 is 0 Å². The maximum absolute atomic E-state index is 6.13. The quantitative estimate of drug-likeness (QED) is 0.685. The van der Waals surface area contributed by atoms with Gasteiger partial charge in [0.15, 0.2) is 0 Å². The number of rotatable bonds is 3. The van der Waals surface area contributed by atoms with Crippen molar-refractivity contribution in [2.45, 2.75) is 58.7 Å². The van der Waals surface area contributed by atoms with Gasteiger partial charge in [0, 0.05) is 0 Å². The third-order valence-corrected chi connectivity index (χ3v) is 6.55. The molecule has 0 amide bonds. The summed E-state index contributed by atoms with van der Waals surface area (Å²) in [5.74, 6) is 1.26. The fourth-order valence-electron chi connectivity index (χ4n) is 2.91. The Balaban J connectivity index is 2.50. The number of benzene rings is 1. The Morgan fingerprint density at radius 1 is 1.21 bits per heavy atom. The van der Waals surface area contributed by atoms with Gasteiger partial charge in [-0.3, -0.25) is 0 Å². The Labute approximate surface area is 119 Å². The van der Waals surface area contributed by atoms with Crippen molar-refractivity contribution in [1.29, 1.82) is 0 Å². The molecular weight excluding hydrogens is 251 g/mol. The molecule has 1 atom stereocenters. The normalized spacial score (nSPS) is 21.0. The van der Waals surface area contributed by atoms with Crippen molar-refractivity contribution in [1.82, 2.24) is 0 Å². The van der Waals surface area contributed by atoms with E-state index in [-0.39, 0.29) is 0 Å². The first-order valence-electron chi connectivity index (χ1n) is 7.63. The summed E-state index contributed by atoms with van der Waals surface area (Å²) in [4.78, 5) is 0. The molecule has 0 bridgehead atoms. The Morgan fingerprint density at radius 3 is 2.47 bits per heavy atom. The van der Waals surface area contributed by atoms with Gasteiger partial charge in [-0.1, -0.05) is 0 Å². The zero-order chi connectivity index (χ0) is 14.2. The second-order valence-corrected chi connectivity index (χ2v) is 11.1. The molecule has 19 heavy (non-hydrogen) atoms. The van der Waals surface area contributed by atoms with E-state index in [9.17, 15) is 0 Å². The van der Waals surface area contributed by atoms with E-state index in [1.54, 1.807) is 11.1 Å². The van der Waals surface area contributed by atoms with Gasteiger partial charge in [0.1, 0.15) is 0 Å². The van der Waals surface area contributed by atoms with Gasteiger partial charge in [-0.15, -0.1) is 0 Å². The molecule has 1 aliphatic rings. The van der Waals surface area contributed by atoms with Crippen LogP contribution in [0.1, 0.15) is 68.2 Å². The number of hydrogen-bond acceptors (Lipinski definition) is 1. The molecule has 1 unspecified atom stereocenters. The molecule has 0 saturated heterocycles. The van der Waals surface area contributed by atoms with Gasteiger partial charge in [-0.25, -0.2) is 0 Å². The standard InChI is InChI=1S/C17H29OP/c1-7-13(4)14-8-15-10-18-19(5,6)11-17(15)16(9-14)12(2)3/h8-9,12-13,19H,7,10-11H2,1-6H3. The van der Waals surface area contributed by atoms with Crippen LogP contribution in [0.4, 0.5) is 0 Å². The van der Waals surface area contributed by atoms with Gasteiger partial charge in [0.25, 0.3) is 0 Å². The minimum atomic E-state index is -1.47. The van der Waals surface area contributed by atoms with E-state index in [0.717, 1.165) is 6.61 Å². The molecule has 1 heterocycles. The van der Waals surface area contributed by atoms with Gasteiger partial charge in [0.2, 0.25) is 0 Å². The summed E-state index contributed by atoms with van der Waals surface area (Å²) in [7, 11) is -1.47. The number of fused-ring (bicyclic) bond motifs is 1. The predicted octanol–water partition coefficient (Wildman–Crippen LogP) is 5.28. The molecule has 1 nitrogen and oxygen atoms in total. The first-order valence-corrected chi connectivity index (χ1v) is 10.7. The van der Waals surface area contributed by atoms with Crippen molar-refractivity contribution in [2.75, 3.05) is 13.3 Å². The van der Waals surface area contributed by atoms with Gasteiger partial charge in [0.05, 0.1) is 0 Å². The predicted molar refractivity (Wildman–Crippen MR) is 87.9 cm³/mol. The Kier molecular flexibility index (Phi) is 4.38. The monoisotopic (exact) mass is 280 g/mol. The van der Waals surface area contributed by atoms with E-state index in [1.807, 2.05) is 0 Å². The Hall–Kier alpha value is -0.390. The number of hydrogen-bond donors (Lipinski definition) is 0. The second-order valence-electron chi connectivity index (χ2n) is 6.94. The molecule has 1 aliphatic heterocycles. The average molecular weight is 280 g/mol. The molecule has 0 spiro atoms. The van der Waals surface area contributed by atoms with Crippen LogP contribution >= 0.6 is 7.49 Å². The fourth-order valence-corrected chi connectivity index (χ4v) is 4.84. The van der Waals surface area contributed by atoms with E-state index in [0.29, 0.717) is 11.8 Å². The minimum absolute atomic E-state index is 0.612. The topological polar surface area (TPSA) is 9.23 Å². The van der Waals surface area contributed by atoms with Crippen molar-refractivity contribution < 1.29 is 4.52 Å². The van der Waals surface area contributed by atoms with Crippen LogP contribution in [0.15, 0.2) is 12.1 Å². The molecule has 0 radical (unpaired) electrons. The summed E-state index contributed by atoms with van der Waals surface area (Å²) in [6.45, 7) is 14.7. The SMILES string of the molecule is CCC(C)c1cc2c(c(C(C)C)c1)C[PH](C)(C)OC2. The van der Waals surface area contributed by atoms with E-state index in [4.69, 9.17) is 4.52 Å². The summed E-state index contributed by atoms with van der Waals surface area (Å²) in [6.07, 6.45) is 2.38. The summed E-state index contributed by atoms with van der Waals surface area (Å²) in [6, 6.07) is 4.87. The molecule has 108 valence electrons. The molecule has 0 fully saturated rings. The van der Waals surface area contributed by atoms with Crippen molar-refractivity contribution >= 4 is 7.49 Å². The summed E-state index contributed by atoms with van der Waals surface area (Å²) >= 11 is 0. The van der Waals surface area contributed by atoms with Crippen LogP contribution in [-0.2, 0) is 17.3 Å². The molecule has 0 N–H and O–H groups in total. The molecular formula is C17H29OP. The molecule has 0 saturated carbocycles. The molecule has 1 aromatic carbocycles. The van der Waals surface area contributed by atoms with Crippen molar-refractivity contribution in [3.63, 3.8) is 0 Å². The Bertz CT molecular complexity index is 463. The van der Waals surface area contributed by atoms with Crippen LogP contribution in [0.3, 0.4) is 0 Å². The zero-order valence-corrected chi connectivity index (χ0v) is 14.3. The van der Waals surface area contributed by atoms with Crippen LogP contribution in [0.2, 0.25) is 0 Å². The second kappa shape index (κ2) is 5.54. The van der Waals surface area contributed by atoms with E-state index in [1.165, 1.54) is 23.7 Å². The van der Waals surface area contributed by atoms with Gasteiger partial charge >= 0.3 is 118 Å². The maximum atomic E-state index is 6.13. The molecule has 0 aliphatic carbocycles. The first kappa shape index (κ1) is 15.0. The third kappa shape index (κ3) is 3.20. The molecule has 2 heteroatoms. The Morgan fingerprint density at radius 2 is 1.89 bits per heavy atom. The molecule has 1 aromatic rings. The zero-order valence-electron chi connectivity index (χ0n) is 13.3. The van der Waals surface area contributed by atoms with Gasteiger partial charge in [-0.05, 0) is 0 Å². The fraction of sp³-hybridized carbons (Fsp3) is 0.647. The summed E-state index contributed by atoms with van der Waals surface area (Å²) in [5, 5.41) is 0. The third-order valence-electron chi connectivity index (χ3n) is 4.42. The summed E-state index contributed by atoms with van der Waals surface area (Å²) in [5.41, 5.74) is 6.12. The van der Waals surface area contributed by atoms with Crippen LogP contribution in [0, 0.1) is 0 Å². The van der Waals surface area contributed by atoms with Crippen LogP contribution < -0.4 is 0 Å². The van der Waals surface area contributed by atoms with Gasteiger partial charge in [-0.2, -0.15) is 0 Å². The van der Waals surface area contributed by atoms with Crippen LogP contribution in [0.25, 0.3) is 0 Å². The van der Waals surface area contributed by atoms with Crippen LogP contribution in [0.5, 0.6) is 0 Å². The van der Waals surface area contributed by atoms with E-state index < -0.39 is 7.49 Å². The molecule has 0 aromatic heterocycles. The van der Waals surface area contributed by atoms with Gasteiger partial charge < -0.3 is 0 Å². The van der Waals surface area contributed by atoms with Crippen molar-refractivity contribution in [3.05, 3.63) is 34.4 Å².